The van der Waals surface area contributed by atoms with E-state index >= 15 is 0 Å². The predicted molar refractivity (Wildman–Crippen MR) is 80.7 cm³/mol. The summed E-state index contributed by atoms with van der Waals surface area (Å²) in [5.41, 5.74) is 0.912. The first-order valence-electron chi connectivity index (χ1n) is 6.24. The van der Waals surface area contributed by atoms with Gasteiger partial charge in [0.1, 0.15) is 16.2 Å². The molecule has 20 heavy (non-hydrogen) atoms. The molecule has 6 heteroatoms. The van der Waals surface area contributed by atoms with Gasteiger partial charge in [-0.05, 0) is 18.2 Å². The SMILES string of the molecule is COCc1cc(=S)nc(C2CSc3ccccc3O2)[nH]1. The molecular weight excluding hydrogens is 292 g/mol. The first kappa shape index (κ1) is 13.6. The minimum Gasteiger partial charge on any atom is -0.480 e. The summed E-state index contributed by atoms with van der Waals surface area (Å²) < 4.78 is 11.7. The van der Waals surface area contributed by atoms with Crippen molar-refractivity contribution < 1.29 is 9.47 Å². The molecule has 1 unspecified atom stereocenters. The quantitative estimate of drug-likeness (QED) is 0.879. The van der Waals surface area contributed by atoms with Crippen molar-refractivity contribution in [1.82, 2.24) is 9.97 Å². The Morgan fingerprint density at radius 1 is 1.50 bits per heavy atom. The second-order valence-corrected chi connectivity index (χ2v) is 5.91. The molecule has 4 nitrogen and oxygen atoms in total. The first-order chi connectivity index (χ1) is 9.76. The Labute approximate surface area is 126 Å². The summed E-state index contributed by atoms with van der Waals surface area (Å²) in [7, 11) is 1.65. The lowest BCUT2D eigenvalue weighted by molar-refractivity contribution is 0.178. The standard InChI is InChI=1S/C14H14N2O2S2/c1-17-7-9-6-13(19)16-14(15-9)11-8-20-12-5-3-2-4-10(12)18-11/h2-6,11H,7-8H2,1H3,(H,15,16,19). The number of hydrogen-bond donors (Lipinski definition) is 1. The van der Waals surface area contributed by atoms with Gasteiger partial charge in [-0.2, -0.15) is 0 Å². The molecule has 0 amide bonds. The van der Waals surface area contributed by atoms with Crippen molar-refractivity contribution >= 4 is 24.0 Å². The fourth-order valence-corrected chi connectivity index (χ4v) is 3.30. The number of benzene rings is 1. The van der Waals surface area contributed by atoms with Gasteiger partial charge in [0.2, 0.25) is 0 Å². The molecule has 0 bridgehead atoms. The number of ether oxygens (including phenoxy) is 2. The third-order valence-electron chi connectivity index (χ3n) is 2.93. The molecule has 2 heterocycles. The lowest BCUT2D eigenvalue weighted by atomic mass is 10.3. The van der Waals surface area contributed by atoms with Gasteiger partial charge in [-0.15, -0.1) is 11.8 Å². The highest BCUT2D eigenvalue weighted by atomic mass is 32.2. The molecule has 0 saturated heterocycles. The zero-order valence-electron chi connectivity index (χ0n) is 11.0. The molecule has 0 saturated carbocycles. The summed E-state index contributed by atoms with van der Waals surface area (Å²) in [6.45, 7) is 0.482. The van der Waals surface area contributed by atoms with Gasteiger partial charge in [-0.1, -0.05) is 24.4 Å². The maximum atomic E-state index is 6.00. The van der Waals surface area contributed by atoms with E-state index in [2.05, 4.69) is 16.0 Å². The highest BCUT2D eigenvalue weighted by molar-refractivity contribution is 7.99. The molecule has 104 valence electrons. The minimum absolute atomic E-state index is 0.117. The number of nitrogens with zero attached hydrogens (tertiary/aromatic N) is 1. The zero-order chi connectivity index (χ0) is 13.9. The smallest absolute Gasteiger partial charge is 0.165 e. The molecule has 0 radical (unpaired) electrons. The van der Waals surface area contributed by atoms with E-state index < -0.39 is 0 Å². The Hall–Kier alpha value is -1.37. The van der Waals surface area contributed by atoms with Crippen molar-refractivity contribution in [2.75, 3.05) is 12.9 Å². The summed E-state index contributed by atoms with van der Waals surface area (Å²) in [5, 5.41) is 0. The van der Waals surface area contributed by atoms with Gasteiger partial charge < -0.3 is 14.5 Å². The number of rotatable bonds is 3. The molecule has 1 aliphatic heterocycles. The van der Waals surface area contributed by atoms with Crippen LogP contribution < -0.4 is 4.74 Å². The molecule has 0 aliphatic carbocycles. The Balaban J connectivity index is 1.89. The molecule has 1 aliphatic rings. The van der Waals surface area contributed by atoms with Crippen molar-refractivity contribution in [3.63, 3.8) is 0 Å². The number of aromatic nitrogens is 2. The van der Waals surface area contributed by atoms with Crippen LogP contribution in [0.15, 0.2) is 35.2 Å². The van der Waals surface area contributed by atoms with Gasteiger partial charge in [-0.25, -0.2) is 4.98 Å². The van der Waals surface area contributed by atoms with Crippen LogP contribution in [0.4, 0.5) is 0 Å². The van der Waals surface area contributed by atoms with Gasteiger partial charge >= 0.3 is 0 Å². The third kappa shape index (κ3) is 2.87. The van der Waals surface area contributed by atoms with E-state index in [0.29, 0.717) is 11.2 Å². The molecule has 1 aromatic carbocycles. The average molecular weight is 306 g/mol. The largest absolute Gasteiger partial charge is 0.480 e. The predicted octanol–water partition coefficient (Wildman–Crippen LogP) is 3.51. The van der Waals surface area contributed by atoms with Gasteiger partial charge in [0.25, 0.3) is 0 Å². The molecule has 2 aromatic rings. The lowest BCUT2D eigenvalue weighted by Gasteiger charge is -2.25. The van der Waals surface area contributed by atoms with Crippen LogP contribution >= 0.6 is 24.0 Å². The Kier molecular flexibility index (Phi) is 4.05. The summed E-state index contributed by atoms with van der Waals surface area (Å²) in [6.07, 6.45) is -0.117. The van der Waals surface area contributed by atoms with Crippen LogP contribution in [0.3, 0.4) is 0 Å². The van der Waals surface area contributed by atoms with Crippen LogP contribution in [0, 0.1) is 4.64 Å². The highest BCUT2D eigenvalue weighted by Gasteiger charge is 2.23. The van der Waals surface area contributed by atoms with Gasteiger partial charge in [0, 0.05) is 23.5 Å². The van der Waals surface area contributed by atoms with Crippen LogP contribution in [0.1, 0.15) is 17.6 Å². The molecule has 1 N–H and O–H groups in total. The minimum atomic E-state index is -0.117. The summed E-state index contributed by atoms with van der Waals surface area (Å²) in [6, 6.07) is 9.83. The number of hydrogen-bond acceptors (Lipinski definition) is 5. The third-order valence-corrected chi connectivity index (χ3v) is 4.26. The van der Waals surface area contributed by atoms with Crippen LogP contribution in [0.5, 0.6) is 5.75 Å². The van der Waals surface area contributed by atoms with Crippen LogP contribution in [-0.2, 0) is 11.3 Å². The lowest BCUT2D eigenvalue weighted by Crippen LogP contribution is -2.18. The van der Waals surface area contributed by atoms with Crippen molar-refractivity contribution in [2.45, 2.75) is 17.6 Å². The fourth-order valence-electron chi connectivity index (χ4n) is 2.07. The number of nitrogens with one attached hydrogen (secondary N) is 1. The monoisotopic (exact) mass is 306 g/mol. The molecule has 0 fully saturated rings. The Bertz CT molecular complexity index is 672. The van der Waals surface area contributed by atoms with E-state index in [1.54, 1.807) is 18.9 Å². The zero-order valence-corrected chi connectivity index (χ0v) is 12.6. The molecule has 0 spiro atoms. The summed E-state index contributed by atoms with van der Waals surface area (Å²) in [5.74, 6) is 2.46. The van der Waals surface area contributed by atoms with Crippen molar-refractivity contribution in [3.8, 4) is 5.75 Å². The van der Waals surface area contributed by atoms with Crippen LogP contribution in [-0.4, -0.2) is 22.8 Å². The summed E-state index contributed by atoms with van der Waals surface area (Å²) in [4.78, 5) is 8.79. The number of para-hydroxylation sites is 1. The van der Waals surface area contributed by atoms with E-state index in [9.17, 15) is 0 Å². The number of aromatic amines is 1. The number of methoxy groups -OCH3 is 1. The number of H-pyrrole nitrogens is 1. The Morgan fingerprint density at radius 3 is 3.20 bits per heavy atom. The maximum absolute atomic E-state index is 6.00. The summed E-state index contributed by atoms with van der Waals surface area (Å²) >= 11 is 6.97. The van der Waals surface area contributed by atoms with Crippen molar-refractivity contribution in [3.05, 3.63) is 46.5 Å². The molecular formula is C14H14N2O2S2. The van der Waals surface area contributed by atoms with E-state index in [-0.39, 0.29) is 6.10 Å². The van der Waals surface area contributed by atoms with Crippen molar-refractivity contribution in [2.24, 2.45) is 0 Å². The van der Waals surface area contributed by atoms with E-state index in [1.807, 2.05) is 24.3 Å². The number of fused-ring (bicyclic) bond motifs is 1. The van der Waals surface area contributed by atoms with Gasteiger partial charge in [-0.3, -0.25) is 0 Å². The van der Waals surface area contributed by atoms with E-state index in [4.69, 9.17) is 21.7 Å². The van der Waals surface area contributed by atoms with E-state index in [1.165, 1.54) is 0 Å². The average Bonchev–Trinajstić information content (AvgIpc) is 2.46. The normalized spacial score (nSPS) is 17.4. The first-order valence-corrected chi connectivity index (χ1v) is 7.63. The fraction of sp³-hybridized carbons (Fsp3) is 0.286. The van der Waals surface area contributed by atoms with Crippen LogP contribution in [0.25, 0.3) is 0 Å². The highest BCUT2D eigenvalue weighted by Crippen LogP contribution is 2.39. The molecule has 1 aromatic heterocycles. The second-order valence-electron chi connectivity index (χ2n) is 4.43. The molecule has 3 rings (SSSR count). The Morgan fingerprint density at radius 2 is 2.35 bits per heavy atom. The number of thioether (sulfide) groups is 1. The van der Waals surface area contributed by atoms with Gasteiger partial charge in [0.05, 0.1) is 6.61 Å². The maximum Gasteiger partial charge on any atom is 0.165 e. The van der Waals surface area contributed by atoms with Crippen molar-refractivity contribution in [1.29, 1.82) is 0 Å². The second kappa shape index (κ2) is 5.95. The van der Waals surface area contributed by atoms with E-state index in [0.717, 1.165) is 27.9 Å². The van der Waals surface area contributed by atoms with Crippen LogP contribution in [0.2, 0.25) is 0 Å². The molecule has 1 atom stereocenters. The van der Waals surface area contributed by atoms with Gasteiger partial charge in [0.15, 0.2) is 6.10 Å². The topological polar surface area (TPSA) is 47.1 Å².